The van der Waals surface area contributed by atoms with E-state index in [1.54, 1.807) is 6.07 Å². The van der Waals surface area contributed by atoms with Gasteiger partial charge in [-0.3, -0.25) is 15.0 Å². The topological polar surface area (TPSA) is 85.3 Å². The molecule has 2 aromatic rings. The smallest absolute Gasteiger partial charge is 0.404 e. The van der Waals surface area contributed by atoms with Crippen LogP contribution in [0.15, 0.2) is 22.7 Å². The van der Waals surface area contributed by atoms with Gasteiger partial charge in [-0.15, -0.1) is 0 Å². The minimum atomic E-state index is -0.504. The Kier molecular flexibility index (Phi) is 4.48. The van der Waals surface area contributed by atoms with Crippen molar-refractivity contribution in [1.29, 1.82) is 0 Å². The molecule has 2 aromatic heterocycles. The molecule has 2 aliphatic rings. The molecule has 7 heteroatoms. The summed E-state index contributed by atoms with van der Waals surface area (Å²) in [6, 6.07) is 3.09. The van der Waals surface area contributed by atoms with Crippen molar-refractivity contribution in [3.05, 3.63) is 51.3 Å². The van der Waals surface area contributed by atoms with E-state index in [0.717, 1.165) is 36.6 Å². The molecule has 1 saturated carbocycles. The highest BCUT2D eigenvalue weighted by Gasteiger charge is 2.23. The predicted molar refractivity (Wildman–Crippen MR) is 91.0 cm³/mol. The third-order valence-corrected chi connectivity index (χ3v) is 5.21. The van der Waals surface area contributed by atoms with Gasteiger partial charge in [-0.1, -0.05) is 19.3 Å². The maximum absolute atomic E-state index is 10.7. The first-order chi connectivity index (χ1) is 12.2. The fraction of sp³-hybridized carbons (Fsp3) is 0.556. The van der Waals surface area contributed by atoms with Crippen LogP contribution in [0.1, 0.15) is 60.9 Å². The summed E-state index contributed by atoms with van der Waals surface area (Å²) in [7, 11) is 0. The molecule has 0 N–H and O–H groups in total. The normalized spacial score (nSPS) is 18.9. The highest BCUT2D eigenvalue weighted by molar-refractivity contribution is 5.22. The van der Waals surface area contributed by atoms with Crippen molar-refractivity contribution in [2.75, 3.05) is 6.54 Å². The second-order valence-corrected chi connectivity index (χ2v) is 6.99. The molecule has 0 atom stereocenters. The minimum Gasteiger partial charge on any atom is -0.404 e. The Bertz CT molecular complexity index is 767. The summed E-state index contributed by atoms with van der Waals surface area (Å²) in [4.78, 5) is 21.9. The number of nitrogens with zero attached hydrogens (tertiary/aromatic N) is 4. The zero-order valence-electron chi connectivity index (χ0n) is 14.2. The second kappa shape index (κ2) is 6.92. The van der Waals surface area contributed by atoms with Crippen molar-refractivity contribution in [3.8, 4) is 0 Å². The molecule has 0 amide bonds. The zero-order valence-corrected chi connectivity index (χ0v) is 14.2. The summed E-state index contributed by atoms with van der Waals surface area (Å²) >= 11 is 0. The fourth-order valence-electron chi connectivity index (χ4n) is 3.85. The van der Waals surface area contributed by atoms with Crippen molar-refractivity contribution in [3.63, 3.8) is 0 Å². The number of fused-ring (bicyclic) bond motifs is 1. The van der Waals surface area contributed by atoms with E-state index in [4.69, 9.17) is 9.40 Å². The number of aromatic nitrogens is 2. The third kappa shape index (κ3) is 3.56. The van der Waals surface area contributed by atoms with Gasteiger partial charge in [-0.05, 0) is 18.9 Å². The molecule has 132 valence electrons. The fourth-order valence-corrected chi connectivity index (χ4v) is 3.85. The Hall–Kier alpha value is -2.28. The summed E-state index contributed by atoms with van der Waals surface area (Å²) in [6.07, 6.45) is 9.19. The molecule has 1 aliphatic heterocycles. The maximum Gasteiger partial charge on any atom is 0.433 e. The van der Waals surface area contributed by atoms with Crippen LogP contribution < -0.4 is 0 Å². The Morgan fingerprint density at radius 3 is 2.88 bits per heavy atom. The number of hydrogen-bond donors (Lipinski definition) is 0. The maximum atomic E-state index is 10.7. The van der Waals surface area contributed by atoms with Crippen molar-refractivity contribution >= 4 is 5.88 Å². The van der Waals surface area contributed by atoms with E-state index in [9.17, 15) is 10.1 Å². The van der Waals surface area contributed by atoms with Crippen molar-refractivity contribution in [1.82, 2.24) is 14.9 Å². The lowest BCUT2D eigenvalue weighted by molar-refractivity contribution is -0.402. The van der Waals surface area contributed by atoms with Gasteiger partial charge >= 0.3 is 5.88 Å². The number of nitro groups is 1. The van der Waals surface area contributed by atoms with Crippen LogP contribution in [0.4, 0.5) is 5.88 Å². The molecule has 0 aromatic carbocycles. The van der Waals surface area contributed by atoms with Crippen LogP contribution in [0.5, 0.6) is 0 Å². The van der Waals surface area contributed by atoms with Gasteiger partial charge < -0.3 is 4.42 Å². The first-order valence-electron chi connectivity index (χ1n) is 8.99. The average Bonchev–Trinajstić information content (AvgIpc) is 3.11. The monoisotopic (exact) mass is 342 g/mol. The summed E-state index contributed by atoms with van der Waals surface area (Å²) in [6.45, 7) is 2.20. The van der Waals surface area contributed by atoms with E-state index in [1.807, 2.05) is 6.20 Å². The van der Waals surface area contributed by atoms with E-state index in [2.05, 4.69) is 9.88 Å². The standard InChI is InChI=1S/C18H22N4O3/c23-22(24)17-7-6-15(25-17)12-21-9-8-16-14(11-21)10-19-18(20-16)13-4-2-1-3-5-13/h6-7,10,13H,1-5,8-9,11-12H2. The molecule has 3 heterocycles. The van der Waals surface area contributed by atoms with E-state index >= 15 is 0 Å². The van der Waals surface area contributed by atoms with Crippen molar-refractivity contribution in [2.45, 2.75) is 57.5 Å². The van der Waals surface area contributed by atoms with Gasteiger partial charge in [0, 0.05) is 42.9 Å². The Labute approximate surface area is 146 Å². The largest absolute Gasteiger partial charge is 0.433 e. The molecule has 0 radical (unpaired) electrons. The van der Waals surface area contributed by atoms with Gasteiger partial charge in [0.2, 0.25) is 0 Å². The van der Waals surface area contributed by atoms with Gasteiger partial charge in [-0.25, -0.2) is 9.97 Å². The van der Waals surface area contributed by atoms with E-state index in [0.29, 0.717) is 18.2 Å². The third-order valence-electron chi connectivity index (χ3n) is 5.21. The van der Waals surface area contributed by atoms with Crippen LogP contribution in [0.2, 0.25) is 0 Å². The lowest BCUT2D eigenvalue weighted by Crippen LogP contribution is -2.31. The van der Waals surface area contributed by atoms with Crippen LogP contribution in [-0.2, 0) is 19.5 Å². The van der Waals surface area contributed by atoms with Gasteiger partial charge in [0.05, 0.1) is 12.6 Å². The Morgan fingerprint density at radius 2 is 2.12 bits per heavy atom. The molecule has 4 rings (SSSR count). The van der Waals surface area contributed by atoms with Crippen molar-refractivity contribution < 1.29 is 9.34 Å². The molecule has 0 unspecified atom stereocenters. The van der Waals surface area contributed by atoms with Gasteiger partial charge in [0.15, 0.2) is 0 Å². The van der Waals surface area contributed by atoms with Crippen LogP contribution in [0.25, 0.3) is 0 Å². The summed E-state index contributed by atoms with van der Waals surface area (Å²) < 4.78 is 5.26. The quantitative estimate of drug-likeness (QED) is 0.623. The highest BCUT2D eigenvalue weighted by atomic mass is 16.6. The zero-order chi connectivity index (χ0) is 17.2. The summed E-state index contributed by atoms with van der Waals surface area (Å²) in [5.41, 5.74) is 2.32. The van der Waals surface area contributed by atoms with Gasteiger partial charge in [-0.2, -0.15) is 0 Å². The molecular formula is C18H22N4O3. The molecule has 1 aliphatic carbocycles. The van der Waals surface area contributed by atoms with E-state index < -0.39 is 4.92 Å². The molecule has 0 spiro atoms. The number of hydrogen-bond acceptors (Lipinski definition) is 6. The van der Waals surface area contributed by atoms with Gasteiger partial charge in [0.25, 0.3) is 0 Å². The predicted octanol–water partition coefficient (Wildman–Crippen LogP) is 3.58. The lowest BCUT2D eigenvalue weighted by Gasteiger charge is -2.28. The highest BCUT2D eigenvalue weighted by Crippen LogP contribution is 2.31. The Balaban J connectivity index is 1.43. The lowest BCUT2D eigenvalue weighted by atomic mass is 9.88. The average molecular weight is 342 g/mol. The van der Waals surface area contributed by atoms with Crippen LogP contribution in [0.3, 0.4) is 0 Å². The SMILES string of the molecule is O=[N+]([O-])c1ccc(CN2CCc3nc(C4CCCCC4)ncc3C2)o1. The molecule has 0 bridgehead atoms. The number of furan rings is 1. The first kappa shape index (κ1) is 16.2. The summed E-state index contributed by atoms with van der Waals surface area (Å²) in [5, 5.41) is 10.7. The van der Waals surface area contributed by atoms with Crippen molar-refractivity contribution in [2.24, 2.45) is 0 Å². The molecular weight excluding hydrogens is 320 g/mol. The van der Waals surface area contributed by atoms with E-state index in [1.165, 1.54) is 38.2 Å². The first-order valence-corrected chi connectivity index (χ1v) is 8.99. The molecule has 25 heavy (non-hydrogen) atoms. The molecule has 7 nitrogen and oxygen atoms in total. The van der Waals surface area contributed by atoms with Gasteiger partial charge in [0.1, 0.15) is 16.5 Å². The molecule has 1 fully saturated rings. The van der Waals surface area contributed by atoms with Crippen LogP contribution in [0, 0.1) is 10.1 Å². The van der Waals surface area contributed by atoms with Crippen LogP contribution in [-0.4, -0.2) is 26.3 Å². The second-order valence-electron chi connectivity index (χ2n) is 6.99. The van der Waals surface area contributed by atoms with E-state index in [-0.39, 0.29) is 5.88 Å². The molecule has 0 saturated heterocycles. The van der Waals surface area contributed by atoms with Crippen LogP contribution >= 0.6 is 0 Å². The Morgan fingerprint density at radius 1 is 1.28 bits per heavy atom. The minimum absolute atomic E-state index is 0.201. The number of rotatable bonds is 4. The summed E-state index contributed by atoms with van der Waals surface area (Å²) in [5.74, 6) is 1.97.